The van der Waals surface area contributed by atoms with Crippen molar-refractivity contribution in [2.45, 2.75) is 37.7 Å². The van der Waals surface area contributed by atoms with Crippen molar-refractivity contribution in [1.82, 2.24) is 5.32 Å². The molecule has 0 fully saturated rings. The van der Waals surface area contributed by atoms with E-state index in [0.29, 0.717) is 13.2 Å². The Bertz CT molecular complexity index is 670. The van der Waals surface area contributed by atoms with Gasteiger partial charge >= 0.3 is 0 Å². The number of nitrogens with one attached hydrogen (secondary N) is 1. The monoisotopic (exact) mass is 359 g/mol. The van der Waals surface area contributed by atoms with Gasteiger partial charge in [0.05, 0.1) is 13.2 Å². The molecule has 0 amide bonds. The van der Waals surface area contributed by atoms with Gasteiger partial charge in [-0.1, -0.05) is 37.3 Å². The van der Waals surface area contributed by atoms with Crippen LogP contribution in [0.5, 0.6) is 0 Å². The molecule has 0 radical (unpaired) electrons. The summed E-state index contributed by atoms with van der Waals surface area (Å²) >= 11 is 4.37. The molecule has 25 heavy (non-hydrogen) atoms. The van der Waals surface area contributed by atoms with Gasteiger partial charge in [-0.25, -0.2) is 4.39 Å². The highest BCUT2D eigenvalue weighted by Gasteiger charge is 2.00. The molecular weight excluding hydrogens is 333 g/mol. The minimum absolute atomic E-state index is 0.222. The smallest absolute Gasteiger partial charge is 0.123 e. The summed E-state index contributed by atoms with van der Waals surface area (Å²) in [6.45, 7) is 4.04. The third-order valence-corrected chi connectivity index (χ3v) is 4.07. The Kier molecular flexibility index (Phi) is 8.56. The van der Waals surface area contributed by atoms with Crippen LogP contribution in [-0.2, 0) is 17.8 Å². The molecule has 2 aromatic carbocycles. The van der Waals surface area contributed by atoms with Gasteiger partial charge in [0.2, 0.25) is 0 Å². The van der Waals surface area contributed by atoms with E-state index in [2.05, 4.69) is 43.1 Å². The fourth-order valence-electron chi connectivity index (χ4n) is 2.54. The molecule has 0 aliphatic carbocycles. The first-order valence-corrected chi connectivity index (χ1v) is 9.15. The molecule has 0 aromatic heterocycles. The predicted octanol–water partition coefficient (Wildman–Crippen LogP) is 5.15. The van der Waals surface area contributed by atoms with Gasteiger partial charge in [-0.05, 0) is 54.7 Å². The summed E-state index contributed by atoms with van der Waals surface area (Å²) in [7, 11) is 0. The molecule has 134 valence electrons. The molecule has 0 saturated carbocycles. The number of halogens is 1. The van der Waals surface area contributed by atoms with Gasteiger partial charge in [-0.15, -0.1) is 12.6 Å². The van der Waals surface area contributed by atoms with Crippen molar-refractivity contribution in [3.05, 3.63) is 77.2 Å². The summed E-state index contributed by atoms with van der Waals surface area (Å²) < 4.78 is 18.6. The lowest BCUT2D eigenvalue weighted by atomic mass is 10.1. The van der Waals surface area contributed by atoms with Crippen LogP contribution in [0.25, 0.3) is 0 Å². The Morgan fingerprint density at radius 3 is 2.68 bits per heavy atom. The lowest BCUT2D eigenvalue weighted by molar-refractivity contribution is 0.138. The number of hydrogen-bond acceptors (Lipinski definition) is 3. The first-order valence-electron chi connectivity index (χ1n) is 8.70. The zero-order chi connectivity index (χ0) is 17.9. The highest BCUT2D eigenvalue weighted by molar-refractivity contribution is 7.80. The lowest BCUT2D eigenvalue weighted by Crippen LogP contribution is -2.19. The van der Waals surface area contributed by atoms with Crippen LogP contribution in [-0.4, -0.2) is 13.2 Å². The van der Waals surface area contributed by atoms with Crippen molar-refractivity contribution < 1.29 is 9.13 Å². The van der Waals surface area contributed by atoms with Gasteiger partial charge in [-0.3, -0.25) is 0 Å². The number of ether oxygens (including phenoxy) is 1. The number of benzene rings is 2. The molecule has 2 nitrogen and oxygen atoms in total. The number of rotatable bonds is 10. The second-order valence-corrected chi connectivity index (χ2v) is 6.47. The van der Waals surface area contributed by atoms with E-state index >= 15 is 0 Å². The largest absolute Gasteiger partial charge is 0.387 e. The maximum atomic E-state index is 12.9. The maximum Gasteiger partial charge on any atom is 0.123 e. The summed E-state index contributed by atoms with van der Waals surface area (Å²) in [6.07, 6.45) is 5.19. The van der Waals surface area contributed by atoms with Crippen LogP contribution < -0.4 is 5.32 Å². The van der Waals surface area contributed by atoms with Gasteiger partial charge < -0.3 is 10.1 Å². The van der Waals surface area contributed by atoms with E-state index in [1.54, 1.807) is 12.1 Å². The summed E-state index contributed by atoms with van der Waals surface area (Å²) in [5.41, 5.74) is 3.39. The van der Waals surface area contributed by atoms with Gasteiger partial charge in [0.1, 0.15) is 5.82 Å². The average Bonchev–Trinajstić information content (AvgIpc) is 2.60. The average molecular weight is 360 g/mol. The molecule has 0 atom stereocenters. The van der Waals surface area contributed by atoms with Crippen LogP contribution in [0, 0.1) is 5.82 Å². The Labute approximate surface area is 155 Å². The highest BCUT2D eigenvalue weighted by Crippen LogP contribution is 2.10. The van der Waals surface area contributed by atoms with E-state index in [1.165, 1.54) is 17.7 Å². The van der Waals surface area contributed by atoms with Crippen LogP contribution >= 0.6 is 12.6 Å². The molecule has 0 unspecified atom stereocenters. The zero-order valence-electron chi connectivity index (χ0n) is 14.7. The fourth-order valence-corrected chi connectivity index (χ4v) is 2.79. The molecule has 0 spiro atoms. The van der Waals surface area contributed by atoms with E-state index in [0.717, 1.165) is 42.0 Å². The molecule has 0 aliphatic heterocycles. The van der Waals surface area contributed by atoms with Crippen LogP contribution in [0.2, 0.25) is 0 Å². The highest BCUT2D eigenvalue weighted by atomic mass is 32.1. The normalized spacial score (nSPS) is 11.6. The summed E-state index contributed by atoms with van der Waals surface area (Å²) in [4.78, 5) is 1.01. The second kappa shape index (κ2) is 11.0. The number of aryl methyl sites for hydroxylation is 1. The van der Waals surface area contributed by atoms with E-state index in [1.807, 2.05) is 12.1 Å². The molecule has 0 saturated heterocycles. The van der Waals surface area contributed by atoms with Gasteiger partial charge in [0, 0.05) is 17.1 Å². The summed E-state index contributed by atoms with van der Waals surface area (Å²) in [5.74, 6) is -0.222. The van der Waals surface area contributed by atoms with Gasteiger partial charge in [-0.2, -0.15) is 0 Å². The van der Waals surface area contributed by atoms with Gasteiger partial charge in [0.25, 0.3) is 0 Å². The van der Waals surface area contributed by atoms with Crippen molar-refractivity contribution in [3.8, 4) is 0 Å². The Hall–Kier alpha value is -1.78. The number of thiol groups is 1. The van der Waals surface area contributed by atoms with Crippen molar-refractivity contribution in [2.75, 3.05) is 13.2 Å². The molecule has 0 aliphatic rings. The molecule has 0 heterocycles. The molecule has 2 aromatic rings. The third-order valence-electron chi connectivity index (χ3n) is 3.79. The van der Waals surface area contributed by atoms with Crippen LogP contribution in [0.1, 0.15) is 30.9 Å². The third kappa shape index (κ3) is 7.76. The Balaban J connectivity index is 1.69. The lowest BCUT2D eigenvalue weighted by Gasteiger charge is -2.12. The minimum Gasteiger partial charge on any atom is -0.387 e. The fraction of sp³-hybridized carbons (Fsp3) is 0.333. The van der Waals surface area contributed by atoms with E-state index in [9.17, 15) is 4.39 Å². The number of hydrogen-bond donors (Lipinski definition) is 2. The minimum atomic E-state index is -0.222. The predicted molar refractivity (Wildman–Crippen MR) is 104 cm³/mol. The van der Waals surface area contributed by atoms with Crippen LogP contribution in [0.4, 0.5) is 4.39 Å². The van der Waals surface area contributed by atoms with E-state index < -0.39 is 0 Å². The van der Waals surface area contributed by atoms with E-state index in [4.69, 9.17) is 4.74 Å². The van der Waals surface area contributed by atoms with Crippen molar-refractivity contribution in [3.63, 3.8) is 0 Å². The zero-order valence-corrected chi connectivity index (χ0v) is 15.6. The Morgan fingerprint density at radius 2 is 1.96 bits per heavy atom. The quantitative estimate of drug-likeness (QED) is 0.452. The molecule has 1 N–H and O–H groups in total. The van der Waals surface area contributed by atoms with Crippen LogP contribution in [0.3, 0.4) is 0 Å². The standard InChI is InChI=1S/C21H26FNOS/c1-2-5-20(16-24-15-18-9-11-19(22)12-10-18)23-13-4-7-17-6-3-8-21(25)14-17/h3,5-6,8-12,14,23,25H,2,4,7,13,15-16H2,1H3/b20-5-. The Morgan fingerprint density at radius 1 is 1.16 bits per heavy atom. The van der Waals surface area contributed by atoms with Gasteiger partial charge in [0.15, 0.2) is 0 Å². The first kappa shape index (κ1) is 19.5. The SMILES string of the molecule is CC/C=C(/COCc1ccc(F)cc1)NCCCc1cccc(S)c1. The van der Waals surface area contributed by atoms with Crippen molar-refractivity contribution in [2.24, 2.45) is 0 Å². The molecule has 0 bridgehead atoms. The number of allylic oxidation sites excluding steroid dienone is 1. The first-order chi connectivity index (χ1) is 12.2. The van der Waals surface area contributed by atoms with Crippen LogP contribution in [0.15, 0.2) is 65.2 Å². The molecule has 4 heteroatoms. The second-order valence-electron chi connectivity index (χ2n) is 5.96. The topological polar surface area (TPSA) is 21.3 Å². The molecular formula is C21H26FNOS. The van der Waals surface area contributed by atoms with Crippen molar-refractivity contribution >= 4 is 12.6 Å². The molecule has 2 rings (SSSR count). The van der Waals surface area contributed by atoms with Crippen molar-refractivity contribution in [1.29, 1.82) is 0 Å². The van der Waals surface area contributed by atoms with E-state index in [-0.39, 0.29) is 5.82 Å². The summed E-state index contributed by atoms with van der Waals surface area (Å²) in [6, 6.07) is 14.7. The maximum absolute atomic E-state index is 12.9. The summed E-state index contributed by atoms with van der Waals surface area (Å²) in [5, 5.41) is 3.46.